The van der Waals surface area contributed by atoms with E-state index >= 15 is 0 Å². The molecular formula is C33H40N2O9. The zero-order chi connectivity index (χ0) is 31.4. The van der Waals surface area contributed by atoms with E-state index in [1.165, 1.54) is 14.2 Å². The van der Waals surface area contributed by atoms with Gasteiger partial charge in [-0.2, -0.15) is 0 Å². The summed E-state index contributed by atoms with van der Waals surface area (Å²) in [5.41, 5.74) is 1.87. The predicted octanol–water partition coefficient (Wildman–Crippen LogP) is 3.29. The Balaban J connectivity index is 1.59. The first-order valence-corrected chi connectivity index (χ1v) is 15.0. The molecule has 1 aliphatic heterocycles. The second-order valence-electron chi connectivity index (χ2n) is 11.1. The molecule has 1 aliphatic carbocycles. The molecule has 4 atom stereocenters. The Bertz CT molecular complexity index is 1530. The highest BCUT2D eigenvalue weighted by Gasteiger charge is 2.51. The molecule has 0 saturated carbocycles. The molecule has 2 aromatic carbocycles. The van der Waals surface area contributed by atoms with Crippen LogP contribution < -0.4 is 19.5 Å². The molecule has 0 spiro atoms. The van der Waals surface area contributed by atoms with Crippen LogP contribution in [0.4, 0.5) is 0 Å². The Morgan fingerprint density at radius 3 is 2.55 bits per heavy atom. The maximum Gasteiger partial charge on any atom is 0.290 e. The number of benzene rings is 2. The standard InChI is InChI=1S/C33H40N2O9/c1-4-5-6-7-12-35(33(40)26-16-20-9-8-10-24(41-2)29(20)43-26)23-17-22(32(39)34-11-13-36)27-21-14-19(18-37)15-25(42-3)30(21)44-31(27)28(23)38/h8-10,14-17,23,27-28,31,36-38H,4-7,11-13,18H2,1-3H3,(H,34,39)/t23-,27+,28+,31+/m1/s1. The third-order valence-electron chi connectivity index (χ3n) is 8.31. The van der Waals surface area contributed by atoms with Crippen molar-refractivity contribution in [1.82, 2.24) is 10.2 Å². The van der Waals surface area contributed by atoms with Crippen LogP contribution in [0.1, 0.15) is 60.2 Å². The quantitative estimate of drug-likeness (QED) is 0.214. The van der Waals surface area contributed by atoms with Crippen molar-refractivity contribution in [3.05, 3.63) is 64.9 Å². The van der Waals surface area contributed by atoms with Gasteiger partial charge in [0.15, 0.2) is 28.6 Å². The third kappa shape index (κ3) is 5.87. The molecule has 4 N–H and O–H groups in total. The molecule has 0 bridgehead atoms. The molecule has 0 fully saturated rings. The monoisotopic (exact) mass is 608 g/mol. The predicted molar refractivity (Wildman–Crippen MR) is 162 cm³/mol. The van der Waals surface area contributed by atoms with Gasteiger partial charge in [0.2, 0.25) is 5.91 Å². The lowest BCUT2D eigenvalue weighted by molar-refractivity contribution is -0.118. The van der Waals surface area contributed by atoms with Gasteiger partial charge in [-0.05, 0) is 42.3 Å². The van der Waals surface area contributed by atoms with Gasteiger partial charge < -0.3 is 44.2 Å². The van der Waals surface area contributed by atoms with E-state index in [-0.39, 0.29) is 31.1 Å². The normalized spacial score (nSPS) is 20.4. The van der Waals surface area contributed by atoms with Gasteiger partial charge in [0.25, 0.3) is 5.91 Å². The minimum absolute atomic E-state index is 0.0228. The van der Waals surface area contributed by atoms with E-state index in [1.807, 2.05) is 12.1 Å². The molecule has 1 aromatic heterocycles. The van der Waals surface area contributed by atoms with E-state index < -0.39 is 36.0 Å². The lowest BCUT2D eigenvalue weighted by atomic mass is 9.77. The lowest BCUT2D eigenvalue weighted by Crippen LogP contribution is -2.56. The number of rotatable bonds is 13. The number of amides is 2. The van der Waals surface area contributed by atoms with Crippen molar-refractivity contribution in [1.29, 1.82) is 0 Å². The van der Waals surface area contributed by atoms with E-state index in [1.54, 1.807) is 35.2 Å². The van der Waals surface area contributed by atoms with Crippen LogP contribution in [0.5, 0.6) is 17.2 Å². The van der Waals surface area contributed by atoms with Crippen LogP contribution in [0.2, 0.25) is 0 Å². The van der Waals surface area contributed by atoms with Gasteiger partial charge in [0.05, 0.1) is 39.4 Å². The number of carbonyl (C=O) groups excluding carboxylic acids is 2. The van der Waals surface area contributed by atoms with E-state index in [2.05, 4.69) is 12.2 Å². The van der Waals surface area contributed by atoms with Gasteiger partial charge in [0, 0.05) is 29.6 Å². The molecule has 0 radical (unpaired) electrons. The summed E-state index contributed by atoms with van der Waals surface area (Å²) < 4.78 is 23.3. The topological polar surface area (TPSA) is 151 Å². The van der Waals surface area contributed by atoms with Crippen molar-refractivity contribution >= 4 is 22.8 Å². The summed E-state index contributed by atoms with van der Waals surface area (Å²) in [6, 6.07) is 9.48. The summed E-state index contributed by atoms with van der Waals surface area (Å²) in [7, 11) is 3.00. The Morgan fingerprint density at radius 1 is 1.05 bits per heavy atom. The Morgan fingerprint density at radius 2 is 1.84 bits per heavy atom. The van der Waals surface area contributed by atoms with Gasteiger partial charge in [0.1, 0.15) is 12.2 Å². The number of para-hydroxylation sites is 1. The summed E-state index contributed by atoms with van der Waals surface area (Å²) >= 11 is 0. The van der Waals surface area contributed by atoms with Crippen LogP contribution in [-0.2, 0) is 11.4 Å². The van der Waals surface area contributed by atoms with Crippen LogP contribution in [0.3, 0.4) is 0 Å². The number of ether oxygens (including phenoxy) is 3. The number of nitrogens with one attached hydrogen (secondary N) is 1. The SMILES string of the molecule is CCCCCCN(C(=O)c1cc2cccc(OC)c2o1)[C@@H]1C=C(C(=O)NCCO)[C@@H]2c3cc(CO)cc(OC)c3O[C@@H]2[C@H]1O. The lowest BCUT2D eigenvalue weighted by Gasteiger charge is -2.40. The fourth-order valence-electron chi connectivity index (χ4n) is 6.16. The van der Waals surface area contributed by atoms with E-state index in [9.17, 15) is 24.9 Å². The minimum atomic E-state index is -1.22. The molecule has 5 rings (SSSR count). The number of aliphatic hydroxyl groups is 3. The van der Waals surface area contributed by atoms with Crippen LogP contribution in [0.25, 0.3) is 11.0 Å². The zero-order valence-corrected chi connectivity index (χ0v) is 25.2. The van der Waals surface area contributed by atoms with Crippen molar-refractivity contribution in [2.45, 2.75) is 63.4 Å². The zero-order valence-electron chi connectivity index (χ0n) is 25.2. The molecule has 44 heavy (non-hydrogen) atoms. The van der Waals surface area contributed by atoms with Crippen LogP contribution in [-0.4, -0.2) is 84.2 Å². The maximum atomic E-state index is 14.2. The molecule has 2 heterocycles. The molecular weight excluding hydrogens is 568 g/mol. The number of aliphatic hydroxyl groups excluding tert-OH is 3. The first kappa shape index (κ1) is 31.4. The smallest absolute Gasteiger partial charge is 0.290 e. The van der Waals surface area contributed by atoms with Crippen LogP contribution in [0, 0.1) is 0 Å². The number of hydrogen-bond acceptors (Lipinski definition) is 9. The van der Waals surface area contributed by atoms with Gasteiger partial charge in [-0.15, -0.1) is 0 Å². The average Bonchev–Trinajstić information content (AvgIpc) is 3.66. The highest BCUT2D eigenvalue weighted by Crippen LogP contribution is 2.51. The average molecular weight is 609 g/mol. The Labute approximate surface area is 256 Å². The number of carbonyl (C=O) groups is 2. The van der Waals surface area contributed by atoms with E-state index in [0.717, 1.165) is 19.3 Å². The number of furan rings is 1. The van der Waals surface area contributed by atoms with Gasteiger partial charge in [-0.1, -0.05) is 38.3 Å². The van der Waals surface area contributed by atoms with Crippen molar-refractivity contribution in [2.24, 2.45) is 0 Å². The highest BCUT2D eigenvalue weighted by molar-refractivity contribution is 5.99. The number of methoxy groups -OCH3 is 2. The summed E-state index contributed by atoms with van der Waals surface area (Å²) in [6.07, 6.45) is 3.01. The van der Waals surface area contributed by atoms with Crippen LogP contribution in [0.15, 0.2) is 52.5 Å². The number of hydrogen-bond donors (Lipinski definition) is 4. The first-order chi connectivity index (χ1) is 21.4. The summed E-state index contributed by atoms with van der Waals surface area (Å²) in [5, 5.41) is 34.6. The Hall–Kier alpha value is -4.06. The van der Waals surface area contributed by atoms with E-state index in [4.69, 9.17) is 18.6 Å². The van der Waals surface area contributed by atoms with Gasteiger partial charge in [-0.25, -0.2) is 0 Å². The molecule has 2 aliphatic rings. The van der Waals surface area contributed by atoms with Crippen molar-refractivity contribution in [3.63, 3.8) is 0 Å². The molecule has 11 heteroatoms. The number of unbranched alkanes of at least 4 members (excludes halogenated alkanes) is 3. The fourth-order valence-corrected chi connectivity index (χ4v) is 6.16. The number of fused-ring (bicyclic) bond motifs is 4. The maximum absolute atomic E-state index is 14.2. The van der Waals surface area contributed by atoms with Crippen molar-refractivity contribution < 1.29 is 43.5 Å². The third-order valence-corrected chi connectivity index (χ3v) is 8.31. The molecule has 11 nitrogen and oxygen atoms in total. The van der Waals surface area contributed by atoms with Crippen LogP contribution >= 0.6 is 0 Å². The van der Waals surface area contributed by atoms with Crippen molar-refractivity contribution in [3.8, 4) is 17.2 Å². The van der Waals surface area contributed by atoms with Gasteiger partial charge in [-0.3, -0.25) is 9.59 Å². The Kier molecular flexibility index (Phi) is 9.77. The summed E-state index contributed by atoms with van der Waals surface area (Å²) in [5.74, 6) is -0.296. The summed E-state index contributed by atoms with van der Waals surface area (Å²) in [6.45, 7) is 1.91. The fraction of sp³-hybridized carbons (Fsp3) is 0.455. The molecule has 0 unspecified atom stereocenters. The molecule has 3 aromatic rings. The second kappa shape index (κ2) is 13.7. The molecule has 0 saturated heterocycles. The number of nitrogens with zero attached hydrogens (tertiary/aromatic N) is 1. The molecule has 236 valence electrons. The van der Waals surface area contributed by atoms with E-state index in [0.29, 0.717) is 52.3 Å². The van der Waals surface area contributed by atoms with Crippen molar-refractivity contribution in [2.75, 3.05) is 33.9 Å². The van der Waals surface area contributed by atoms with Gasteiger partial charge >= 0.3 is 0 Å². The second-order valence-corrected chi connectivity index (χ2v) is 11.1. The minimum Gasteiger partial charge on any atom is -0.493 e. The molecule has 2 amide bonds. The summed E-state index contributed by atoms with van der Waals surface area (Å²) in [4.78, 5) is 29.3. The first-order valence-electron chi connectivity index (χ1n) is 15.0. The largest absolute Gasteiger partial charge is 0.493 e. The highest BCUT2D eigenvalue weighted by atomic mass is 16.5.